The third-order valence-electron chi connectivity index (χ3n) is 0.721. The molecule has 0 heterocycles. The number of nitrogens with two attached hydrogens (primary N) is 1. The molecule has 0 saturated heterocycles. The minimum absolute atomic E-state index is 0.193. The first kappa shape index (κ1) is 14.7. The summed E-state index contributed by atoms with van der Waals surface area (Å²) in [4.78, 5) is 19.3. The Balaban J connectivity index is 0. The van der Waals surface area contributed by atoms with Crippen LogP contribution in [0.3, 0.4) is 0 Å². The van der Waals surface area contributed by atoms with Crippen LogP contribution in [0.25, 0.3) is 0 Å². The van der Waals surface area contributed by atoms with Crippen molar-refractivity contribution in [3.8, 4) is 0 Å². The molecule has 0 aromatic heterocycles. The van der Waals surface area contributed by atoms with E-state index in [-0.39, 0.29) is 5.97 Å². The maximum absolute atomic E-state index is 9.98. The van der Waals surface area contributed by atoms with Crippen molar-refractivity contribution >= 4 is 11.9 Å². The molecule has 0 aliphatic heterocycles. The molecule has 8 nitrogen and oxygen atoms in total. The monoisotopic (exact) mass is 206 g/mol. The lowest BCUT2D eigenvalue weighted by Gasteiger charge is -1.93. The molecular formula is C6H14N4O4. The van der Waals surface area contributed by atoms with Crippen LogP contribution in [0.15, 0.2) is 0 Å². The first-order valence-corrected chi connectivity index (χ1v) is 3.78. The molecule has 0 aromatic carbocycles. The molecule has 0 aliphatic carbocycles. The summed E-state index contributed by atoms with van der Waals surface area (Å²) in [5.74, 6) is -0.855. The summed E-state index contributed by atoms with van der Waals surface area (Å²) in [6.07, 6.45) is 0.902. The van der Waals surface area contributed by atoms with Gasteiger partial charge in [-0.3, -0.25) is 10.2 Å². The lowest BCUT2D eigenvalue weighted by molar-refractivity contribution is -0.525. The second-order valence-corrected chi connectivity index (χ2v) is 2.12. The highest BCUT2D eigenvalue weighted by Crippen LogP contribution is 1.78. The maximum atomic E-state index is 9.98. The van der Waals surface area contributed by atoms with E-state index >= 15 is 0 Å². The lowest BCUT2D eigenvalue weighted by Crippen LogP contribution is -2.34. The Morgan fingerprint density at radius 2 is 2.21 bits per heavy atom. The molecule has 82 valence electrons. The Morgan fingerprint density at radius 3 is 2.29 bits per heavy atom. The van der Waals surface area contributed by atoms with Crippen molar-refractivity contribution in [2.45, 2.75) is 20.3 Å². The summed E-state index contributed by atoms with van der Waals surface area (Å²) in [5.41, 5.74) is 5.91. The third kappa shape index (κ3) is 22.5. The summed E-state index contributed by atoms with van der Waals surface area (Å²) < 4.78 is 4.55. The van der Waals surface area contributed by atoms with Crippen molar-refractivity contribution in [2.75, 3.05) is 6.61 Å². The molecule has 0 unspecified atom stereocenters. The average Bonchev–Trinajstić information content (AvgIpc) is 1.99. The Labute approximate surface area is 81.0 Å². The molecule has 0 bridgehead atoms. The van der Waals surface area contributed by atoms with Crippen molar-refractivity contribution in [1.82, 2.24) is 5.43 Å². The molecule has 8 heteroatoms. The summed E-state index contributed by atoms with van der Waals surface area (Å²) in [6.45, 7) is 3.92. The summed E-state index contributed by atoms with van der Waals surface area (Å²) in [7, 11) is 0. The van der Waals surface area contributed by atoms with Crippen LogP contribution < -0.4 is 11.2 Å². The molecular weight excluding hydrogens is 192 g/mol. The van der Waals surface area contributed by atoms with Crippen molar-refractivity contribution in [1.29, 1.82) is 5.41 Å². The van der Waals surface area contributed by atoms with E-state index in [1.807, 2.05) is 6.92 Å². The smallest absolute Gasteiger partial charge is 0.302 e. The van der Waals surface area contributed by atoms with E-state index in [4.69, 9.17) is 5.41 Å². The molecule has 0 fully saturated rings. The van der Waals surface area contributed by atoms with Crippen LogP contribution in [-0.4, -0.2) is 23.6 Å². The van der Waals surface area contributed by atoms with Crippen LogP contribution in [0.2, 0.25) is 0 Å². The fourth-order valence-electron chi connectivity index (χ4n) is 0.344. The predicted octanol–water partition coefficient (Wildman–Crippen LogP) is -0.379. The quantitative estimate of drug-likeness (QED) is 0.189. The van der Waals surface area contributed by atoms with E-state index in [1.165, 1.54) is 12.3 Å². The number of hydrazine groups is 1. The summed E-state index contributed by atoms with van der Waals surface area (Å²) in [6, 6.07) is 0. The number of guanidine groups is 1. The molecule has 0 aliphatic rings. The van der Waals surface area contributed by atoms with Gasteiger partial charge >= 0.3 is 5.97 Å². The van der Waals surface area contributed by atoms with Gasteiger partial charge in [-0.15, -0.1) is 0 Å². The largest absolute Gasteiger partial charge is 0.466 e. The third-order valence-corrected chi connectivity index (χ3v) is 0.721. The van der Waals surface area contributed by atoms with Gasteiger partial charge in [0.05, 0.1) is 6.61 Å². The molecule has 0 amide bonds. The second kappa shape index (κ2) is 9.23. The SMILES string of the molecule is CCCOC(C)=O.N=C(N)N[N+](=O)[O-]. The number of nitrogens with one attached hydrogen (secondary N) is 2. The van der Waals surface area contributed by atoms with Gasteiger partial charge in [-0.25, -0.2) is 10.1 Å². The van der Waals surface area contributed by atoms with Gasteiger partial charge in [0, 0.05) is 6.92 Å². The van der Waals surface area contributed by atoms with Gasteiger partial charge in [0.15, 0.2) is 5.03 Å². The van der Waals surface area contributed by atoms with E-state index in [0.717, 1.165) is 6.42 Å². The van der Waals surface area contributed by atoms with Gasteiger partial charge < -0.3 is 10.5 Å². The Hall–Kier alpha value is -1.86. The van der Waals surface area contributed by atoms with E-state index in [2.05, 4.69) is 10.5 Å². The number of rotatable bonds is 3. The van der Waals surface area contributed by atoms with Crippen LogP contribution in [0.4, 0.5) is 0 Å². The molecule has 0 atom stereocenters. The number of nitrogens with zero attached hydrogens (tertiary/aromatic N) is 1. The van der Waals surface area contributed by atoms with Crippen LogP contribution in [-0.2, 0) is 9.53 Å². The van der Waals surface area contributed by atoms with Crippen molar-refractivity contribution < 1.29 is 14.6 Å². The van der Waals surface area contributed by atoms with Crippen LogP contribution in [0, 0.1) is 15.5 Å². The first-order chi connectivity index (χ1) is 6.40. The van der Waals surface area contributed by atoms with E-state index < -0.39 is 11.0 Å². The number of hydrogen-bond acceptors (Lipinski definition) is 5. The Kier molecular flexibility index (Phi) is 9.66. The number of carbonyl (C=O) groups excluding carboxylic acids is 1. The Bertz CT molecular complexity index is 194. The minimum atomic E-state index is -0.900. The summed E-state index contributed by atoms with van der Waals surface area (Å²) >= 11 is 0. The zero-order valence-electron chi connectivity index (χ0n) is 8.07. The zero-order chi connectivity index (χ0) is 11.6. The number of nitro groups is 1. The van der Waals surface area contributed by atoms with Crippen molar-refractivity contribution in [3.05, 3.63) is 10.1 Å². The van der Waals surface area contributed by atoms with Gasteiger partial charge in [-0.05, 0) is 6.42 Å². The topological polar surface area (TPSA) is 131 Å². The molecule has 14 heavy (non-hydrogen) atoms. The highest BCUT2D eigenvalue weighted by molar-refractivity contribution is 5.72. The van der Waals surface area contributed by atoms with Gasteiger partial charge in [0.2, 0.25) is 5.96 Å². The number of carbonyl (C=O) groups is 1. The fourth-order valence-corrected chi connectivity index (χ4v) is 0.344. The first-order valence-electron chi connectivity index (χ1n) is 3.78. The normalized spacial score (nSPS) is 7.86. The average molecular weight is 206 g/mol. The zero-order valence-corrected chi connectivity index (χ0v) is 8.07. The molecule has 0 rings (SSSR count). The van der Waals surface area contributed by atoms with Crippen LogP contribution >= 0.6 is 0 Å². The minimum Gasteiger partial charge on any atom is -0.466 e. The highest BCUT2D eigenvalue weighted by atomic mass is 16.7. The van der Waals surface area contributed by atoms with Crippen molar-refractivity contribution in [2.24, 2.45) is 5.73 Å². The van der Waals surface area contributed by atoms with Crippen LogP contribution in [0.1, 0.15) is 20.3 Å². The number of ether oxygens (including phenoxy) is 1. The molecule has 0 saturated carbocycles. The molecule has 0 spiro atoms. The Morgan fingerprint density at radius 1 is 1.71 bits per heavy atom. The van der Waals surface area contributed by atoms with Gasteiger partial charge in [-0.1, -0.05) is 12.3 Å². The van der Waals surface area contributed by atoms with E-state index in [1.54, 1.807) is 0 Å². The molecule has 0 aromatic rings. The van der Waals surface area contributed by atoms with E-state index in [0.29, 0.717) is 6.61 Å². The summed E-state index contributed by atoms with van der Waals surface area (Å²) in [5, 5.41) is 14.6. The maximum Gasteiger partial charge on any atom is 0.302 e. The highest BCUT2D eigenvalue weighted by Gasteiger charge is 1.91. The van der Waals surface area contributed by atoms with Gasteiger partial charge in [0.1, 0.15) is 0 Å². The lowest BCUT2D eigenvalue weighted by atomic mass is 10.5. The second-order valence-electron chi connectivity index (χ2n) is 2.12. The van der Waals surface area contributed by atoms with Crippen LogP contribution in [0.5, 0.6) is 0 Å². The number of esters is 1. The molecule has 4 N–H and O–H groups in total. The van der Waals surface area contributed by atoms with E-state index in [9.17, 15) is 14.9 Å². The van der Waals surface area contributed by atoms with Gasteiger partial charge in [0.25, 0.3) is 0 Å². The standard InChI is InChI=1S/C5H10O2.CH4N4O2/c1-3-4-7-5(2)6;2-1(3)4-5(6)7/h3-4H2,1-2H3;(H4,2,3,4). The van der Waals surface area contributed by atoms with Gasteiger partial charge in [-0.2, -0.15) is 0 Å². The fraction of sp³-hybridized carbons (Fsp3) is 0.667. The number of hydrogen-bond donors (Lipinski definition) is 3. The predicted molar refractivity (Wildman–Crippen MR) is 49.0 cm³/mol. The van der Waals surface area contributed by atoms with Crippen molar-refractivity contribution in [3.63, 3.8) is 0 Å². The molecule has 0 radical (unpaired) electrons.